The van der Waals surface area contributed by atoms with E-state index in [1.165, 1.54) is 5.56 Å². The first-order chi connectivity index (χ1) is 15.7. The number of likely N-dealkylation sites (tertiary alicyclic amines) is 1. The third-order valence-corrected chi connectivity index (χ3v) is 6.46. The molecule has 2 aliphatic heterocycles. The predicted octanol–water partition coefficient (Wildman–Crippen LogP) is 3.42. The molecule has 2 fully saturated rings. The van der Waals surface area contributed by atoms with Gasteiger partial charge in [-0.1, -0.05) is 18.2 Å². The summed E-state index contributed by atoms with van der Waals surface area (Å²) < 4.78 is 5.29. The fourth-order valence-corrected chi connectivity index (χ4v) is 4.43. The largest absolute Gasteiger partial charge is 0.497 e. The van der Waals surface area contributed by atoms with Gasteiger partial charge in [-0.25, -0.2) is 9.98 Å². The molecule has 1 atom stereocenters. The number of guanidine groups is 1. The number of pyridine rings is 1. The van der Waals surface area contributed by atoms with Crippen molar-refractivity contribution in [3.8, 4) is 5.75 Å². The molecule has 8 heteroatoms. The van der Waals surface area contributed by atoms with Crippen molar-refractivity contribution in [2.45, 2.75) is 25.8 Å². The zero-order chi connectivity index (χ0) is 22.3. The standard InChI is InChI=1S/C25H36N6O.HI/c1-4-26-25(31-12-11-22(19-31)21-6-8-23(32-3)9-7-21)28-18-20-5-10-24(27-17-20)30-15-13-29(2)14-16-30;/h5-10,17,22H,4,11-16,18-19H2,1-3H3,(H,26,28);1H. The topological polar surface area (TPSA) is 56.2 Å². The molecule has 1 aromatic heterocycles. The highest BCUT2D eigenvalue weighted by Crippen LogP contribution is 2.28. The van der Waals surface area contributed by atoms with Gasteiger partial charge in [0, 0.05) is 57.9 Å². The Labute approximate surface area is 215 Å². The molecular formula is C25H37IN6O. The number of rotatable bonds is 6. The normalized spacial score (nSPS) is 19.4. The van der Waals surface area contributed by atoms with E-state index in [1.54, 1.807) is 7.11 Å². The van der Waals surface area contributed by atoms with Crippen LogP contribution in [0, 0.1) is 0 Å². The number of aliphatic imine (C=N–C) groups is 1. The van der Waals surface area contributed by atoms with Crippen LogP contribution >= 0.6 is 24.0 Å². The van der Waals surface area contributed by atoms with Crippen molar-refractivity contribution >= 4 is 35.8 Å². The number of ether oxygens (including phenoxy) is 1. The smallest absolute Gasteiger partial charge is 0.194 e. The summed E-state index contributed by atoms with van der Waals surface area (Å²) in [7, 11) is 3.88. The zero-order valence-electron chi connectivity index (χ0n) is 20.0. The van der Waals surface area contributed by atoms with Crippen molar-refractivity contribution in [1.29, 1.82) is 0 Å². The summed E-state index contributed by atoms with van der Waals surface area (Å²) in [4.78, 5) is 16.7. The van der Waals surface area contributed by atoms with Crippen LogP contribution in [0.1, 0.15) is 30.4 Å². The van der Waals surface area contributed by atoms with Crippen LogP contribution < -0.4 is 15.0 Å². The van der Waals surface area contributed by atoms with Gasteiger partial charge in [0.1, 0.15) is 11.6 Å². The lowest BCUT2D eigenvalue weighted by atomic mass is 9.98. The molecule has 1 unspecified atom stereocenters. The van der Waals surface area contributed by atoms with Crippen molar-refractivity contribution in [3.05, 3.63) is 53.7 Å². The van der Waals surface area contributed by atoms with Gasteiger partial charge in [0.15, 0.2) is 5.96 Å². The molecule has 180 valence electrons. The second-order valence-electron chi connectivity index (χ2n) is 8.69. The van der Waals surface area contributed by atoms with Gasteiger partial charge in [-0.3, -0.25) is 0 Å². The number of likely N-dealkylation sites (N-methyl/N-ethyl adjacent to an activating group) is 1. The van der Waals surface area contributed by atoms with Crippen LogP contribution in [-0.4, -0.2) is 80.7 Å². The second kappa shape index (κ2) is 12.4. The lowest BCUT2D eigenvalue weighted by Gasteiger charge is -2.33. The average Bonchev–Trinajstić information content (AvgIpc) is 3.33. The number of anilines is 1. The summed E-state index contributed by atoms with van der Waals surface area (Å²) in [6.07, 6.45) is 3.11. The molecule has 0 bridgehead atoms. The third-order valence-electron chi connectivity index (χ3n) is 6.46. The van der Waals surface area contributed by atoms with Crippen LogP contribution in [0.25, 0.3) is 0 Å². The number of aromatic nitrogens is 1. The highest BCUT2D eigenvalue weighted by molar-refractivity contribution is 14.0. The highest BCUT2D eigenvalue weighted by Gasteiger charge is 2.26. The highest BCUT2D eigenvalue weighted by atomic mass is 127. The third kappa shape index (κ3) is 6.72. The Balaban J connectivity index is 0.00000306. The van der Waals surface area contributed by atoms with Crippen LogP contribution in [0.3, 0.4) is 0 Å². The van der Waals surface area contributed by atoms with Crippen LogP contribution in [0.5, 0.6) is 5.75 Å². The van der Waals surface area contributed by atoms with Gasteiger partial charge in [-0.05, 0) is 49.7 Å². The molecule has 2 aromatic rings. The monoisotopic (exact) mass is 564 g/mol. The molecule has 1 N–H and O–H groups in total. The number of nitrogens with one attached hydrogen (secondary N) is 1. The number of halogens is 1. The fraction of sp³-hybridized carbons (Fsp3) is 0.520. The molecule has 2 saturated heterocycles. The zero-order valence-corrected chi connectivity index (χ0v) is 22.4. The van der Waals surface area contributed by atoms with Crippen molar-refractivity contribution in [1.82, 2.24) is 20.1 Å². The first kappa shape index (κ1) is 25.6. The summed E-state index contributed by atoms with van der Waals surface area (Å²) in [6, 6.07) is 12.8. The van der Waals surface area contributed by atoms with Crippen LogP contribution in [-0.2, 0) is 6.54 Å². The quantitative estimate of drug-likeness (QED) is 0.330. The first-order valence-corrected chi connectivity index (χ1v) is 11.7. The first-order valence-electron chi connectivity index (χ1n) is 11.7. The summed E-state index contributed by atoms with van der Waals surface area (Å²) in [5.74, 6) is 3.49. The maximum atomic E-state index is 5.29. The maximum absolute atomic E-state index is 5.29. The van der Waals surface area contributed by atoms with Gasteiger partial charge in [0.2, 0.25) is 0 Å². The number of hydrogen-bond acceptors (Lipinski definition) is 5. The summed E-state index contributed by atoms with van der Waals surface area (Å²) in [6.45, 7) is 9.89. The Hall–Kier alpha value is -2.07. The van der Waals surface area contributed by atoms with Crippen molar-refractivity contribution in [2.75, 3.05) is 64.9 Å². The van der Waals surface area contributed by atoms with E-state index in [1.807, 2.05) is 6.20 Å². The molecule has 0 spiro atoms. The van der Waals surface area contributed by atoms with E-state index in [2.05, 4.69) is 70.4 Å². The number of piperazine rings is 1. The lowest BCUT2D eigenvalue weighted by Crippen LogP contribution is -2.44. The Bertz CT molecular complexity index is 881. The van der Waals surface area contributed by atoms with Crippen LogP contribution in [0.15, 0.2) is 47.6 Å². The molecule has 0 amide bonds. The minimum absolute atomic E-state index is 0. The molecule has 3 heterocycles. The van der Waals surface area contributed by atoms with E-state index in [0.717, 1.165) is 75.3 Å². The summed E-state index contributed by atoms with van der Waals surface area (Å²) >= 11 is 0. The van der Waals surface area contributed by atoms with E-state index < -0.39 is 0 Å². The number of methoxy groups -OCH3 is 1. The van der Waals surface area contributed by atoms with Gasteiger partial charge >= 0.3 is 0 Å². The SMILES string of the molecule is CCNC(=NCc1ccc(N2CCN(C)CC2)nc1)N1CCC(c2ccc(OC)cc2)C1.I. The number of benzene rings is 1. The Morgan fingerprint density at radius 2 is 1.85 bits per heavy atom. The van der Waals surface area contributed by atoms with Gasteiger partial charge in [0.25, 0.3) is 0 Å². The maximum Gasteiger partial charge on any atom is 0.194 e. The molecule has 2 aliphatic rings. The minimum Gasteiger partial charge on any atom is -0.497 e. The Morgan fingerprint density at radius 3 is 2.48 bits per heavy atom. The predicted molar refractivity (Wildman–Crippen MR) is 146 cm³/mol. The van der Waals surface area contributed by atoms with Crippen molar-refractivity contribution in [3.63, 3.8) is 0 Å². The van der Waals surface area contributed by atoms with E-state index >= 15 is 0 Å². The fourth-order valence-electron chi connectivity index (χ4n) is 4.43. The average molecular weight is 565 g/mol. The Morgan fingerprint density at radius 1 is 1.09 bits per heavy atom. The van der Waals surface area contributed by atoms with E-state index in [0.29, 0.717) is 12.5 Å². The Kier molecular flexibility index (Phi) is 9.61. The molecule has 7 nitrogen and oxygen atoms in total. The van der Waals surface area contributed by atoms with E-state index in [4.69, 9.17) is 14.7 Å². The van der Waals surface area contributed by atoms with Gasteiger partial charge in [-0.2, -0.15) is 0 Å². The van der Waals surface area contributed by atoms with Crippen molar-refractivity contribution < 1.29 is 4.74 Å². The lowest BCUT2D eigenvalue weighted by molar-refractivity contribution is 0.312. The summed E-state index contributed by atoms with van der Waals surface area (Å²) in [5.41, 5.74) is 2.51. The molecule has 4 rings (SSSR count). The minimum atomic E-state index is 0. The molecule has 1 aromatic carbocycles. The van der Waals surface area contributed by atoms with E-state index in [-0.39, 0.29) is 24.0 Å². The van der Waals surface area contributed by atoms with Crippen LogP contribution in [0.2, 0.25) is 0 Å². The van der Waals surface area contributed by atoms with Gasteiger partial charge < -0.3 is 24.8 Å². The molecule has 33 heavy (non-hydrogen) atoms. The summed E-state index contributed by atoms with van der Waals surface area (Å²) in [5, 5.41) is 3.47. The second-order valence-corrected chi connectivity index (χ2v) is 8.69. The molecular weight excluding hydrogens is 527 g/mol. The molecule has 0 saturated carbocycles. The molecule has 0 radical (unpaired) electrons. The molecule has 0 aliphatic carbocycles. The number of nitrogens with zero attached hydrogens (tertiary/aromatic N) is 5. The number of hydrogen-bond donors (Lipinski definition) is 1. The van der Waals surface area contributed by atoms with E-state index in [9.17, 15) is 0 Å². The van der Waals surface area contributed by atoms with Gasteiger partial charge in [-0.15, -0.1) is 24.0 Å². The van der Waals surface area contributed by atoms with Crippen LogP contribution in [0.4, 0.5) is 5.82 Å². The van der Waals surface area contributed by atoms with Crippen molar-refractivity contribution in [2.24, 2.45) is 4.99 Å². The van der Waals surface area contributed by atoms with Gasteiger partial charge in [0.05, 0.1) is 13.7 Å².